The Morgan fingerprint density at radius 3 is 1.56 bits per heavy atom. The standard InChI is InChI=1S/C40H31N/c1-39(2)30-20-25-13-11-12-24-18-19-26-21-31-38(37(30)35(26)34(24)25)36-32(39)22-29(23-33(36)40(31,3)4)41(27-14-7-5-8-15-27)28-16-9-6-10-17-28/h5-23H,1-4H3. The van der Waals surface area contributed by atoms with Crippen molar-refractivity contribution in [1.29, 1.82) is 0 Å². The van der Waals surface area contributed by atoms with E-state index in [-0.39, 0.29) is 10.8 Å². The van der Waals surface area contributed by atoms with Gasteiger partial charge in [-0.05, 0) is 114 Å². The van der Waals surface area contributed by atoms with Crippen LogP contribution in [0.2, 0.25) is 0 Å². The monoisotopic (exact) mass is 525 g/mol. The number of anilines is 3. The number of para-hydroxylation sites is 2. The van der Waals surface area contributed by atoms with Crippen molar-refractivity contribution in [2.24, 2.45) is 0 Å². The van der Waals surface area contributed by atoms with E-state index in [9.17, 15) is 0 Å². The third-order valence-electron chi connectivity index (χ3n) is 10.1. The average Bonchev–Trinajstić information content (AvgIpc) is 3.22. The van der Waals surface area contributed by atoms with E-state index in [4.69, 9.17) is 0 Å². The molecule has 0 unspecified atom stereocenters. The predicted octanol–water partition coefficient (Wildman–Crippen LogP) is 11.0. The second kappa shape index (κ2) is 7.56. The predicted molar refractivity (Wildman–Crippen MR) is 175 cm³/mol. The summed E-state index contributed by atoms with van der Waals surface area (Å²) in [6, 6.07) is 43.0. The van der Waals surface area contributed by atoms with E-state index in [2.05, 4.69) is 148 Å². The van der Waals surface area contributed by atoms with E-state index >= 15 is 0 Å². The SMILES string of the molecule is CC1(C)c2cc(N(c3ccccc3)c3ccccc3)cc3c2-c2c1cc1ccc4cccc5cc(c2c1c45)C3(C)C. The van der Waals surface area contributed by atoms with Gasteiger partial charge in [0.2, 0.25) is 0 Å². The van der Waals surface area contributed by atoms with Crippen LogP contribution in [0.15, 0.2) is 115 Å². The van der Waals surface area contributed by atoms with Crippen molar-refractivity contribution in [2.75, 3.05) is 4.90 Å². The van der Waals surface area contributed by atoms with Crippen molar-refractivity contribution in [2.45, 2.75) is 38.5 Å². The number of hydrogen-bond donors (Lipinski definition) is 0. The van der Waals surface area contributed by atoms with Gasteiger partial charge in [-0.2, -0.15) is 0 Å². The van der Waals surface area contributed by atoms with E-state index in [1.54, 1.807) is 0 Å². The molecule has 2 aliphatic carbocycles. The van der Waals surface area contributed by atoms with Crippen LogP contribution in [0.25, 0.3) is 43.4 Å². The second-order valence-electron chi connectivity index (χ2n) is 13.0. The lowest BCUT2D eigenvalue weighted by atomic mass is 9.67. The summed E-state index contributed by atoms with van der Waals surface area (Å²) < 4.78 is 0. The molecule has 0 saturated heterocycles. The molecule has 0 aliphatic heterocycles. The highest BCUT2D eigenvalue weighted by Gasteiger charge is 2.46. The molecule has 1 heteroatoms. The molecule has 0 atom stereocenters. The first-order valence-corrected chi connectivity index (χ1v) is 14.7. The molecule has 0 spiro atoms. The zero-order valence-electron chi connectivity index (χ0n) is 23.9. The average molecular weight is 526 g/mol. The molecule has 196 valence electrons. The third kappa shape index (κ3) is 2.81. The lowest BCUT2D eigenvalue weighted by Gasteiger charge is -2.37. The largest absolute Gasteiger partial charge is 0.310 e. The highest BCUT2D eigenvalue weighted by atomic mass is 15.1. The van der Waals surface area contributed by atoms with Gasteiger partial charge >= 0.3 is 0 Å². The molecule has 0 saturated carbocycles. The number of hydrogen-bond acceptors (Lipinski definition) is 1. The molecule has 0 N–H and O–H groups in total. The van der Waals surface area contributed by atoms with Gasteiger partial charge in [0.05, 0.1) is 0 Å². The number of rotatable bonds is 3. The first-order chi connectivity index (χ1) is 19.9. The second-order valence-corrected chi connectivity index (χ2v) is 13.0. The molecule has 0 fully saturated rings. The molecule has 0 bridgehead atoms. The summed E-state index contributed by atoms with van der Waals surface area (Å²) >= 11 is 0. The fraction of sp³-hybridized carbons (Fsp3) is 0.150. The first kappa shape index (κ1) is 23.1. The maximum Gasteiger partial charge on any atom is 0.0468 e. The zero-order valence-corrected chi connectivity index (χ0v) is 23.9. The van der Waals surface area contributed by atoms with E-state index in [1.807, 2.05) is 0 Å². The quantitative estimate of drug-likeness (QED) is 0.207. The lowest BCUT2D eigenvalue weighted by Crippen LogP contribution is -2.25. The molecule has 41 heavy (non-hydrogen) atoms. The molecular formula is C40H31N. The Bertz CT molecular complexity index is 2150. The van der Waals surface area contributed by atoms with Gasteiger partial charge in [0.15, 0.2) is 0 Å². The Morgan fingerprint density at radius 1 is 0.390 bits per heavy atom. The molecule has 0 aromatic heterocycles. The van der Waals surface area contributed by atoms with Gasteiger partial charge in [-0.15, -0.1) is 0 Å². The maximum absolute atomic E-state index is 2.50. The van der Waals surface area contributed by atoms with Gasteiger partial charge < -0.3 is 4.90 Å². The summed E-state index contributed by atoms with van der Waals surface area (Å²) in [6.07, 6.45) is 0. The minimum atomic E-state index is -0.159. The van der Waals surface area contributed by atoms with E-state index in [0.29, 0.717) is 0 Å². The molecule has 7 aromatic rings. The number of nitrogens with zero attached hydrogens (tertiary/aromatic N) is 1. The fourth-order valence-electron chi connectivity index (χ4n) is 8.07. The normalized spacial score (nSPS) is 15.7. The molecule has 0 radical (unpaired) electrons. The molecular weight excluding hydrogens is 494 g/mol. The molecule has 0 amide bonds. The van der Waals surface area contributed by atoms with Crippen molar-refractivity contribution in [3.63, 3.8) is 0 Å². The summed E-state index contributed by atoms with van der Waals surface area (Å²) in [7, 11) is 0. The van der Waals surface area contributed by atoms with Gasteiger partial charge in [-0.3, -0.25) is 0 Å². The summed E-state index contributed by atoms with van der Waals surface area (Å²) in [5, 5.41) is 8.36. The van der Waals surface area contributed by atoms with Crippen molar-refractivity contribution >= 4 is 49.4 Å². The smallest absolute Gasteiger partial charge is 0.0468 e. The minimum Gasteiger partial charge on any atom is -0.310 e. The molecule has 0 heterocycles. The van der Waals surface area contributed by atoms with E-state index < -0.39 is 0 Å². The van der Waals surface area contributed by atoms with Crippen LogP contribution in [0, 0.1) is 0 Å². The van der Waals surface area contributed by atoms with Gasteiger partial charge in [-0.1, -0.05) is 94.4 Å². The first-order valence-electron chi connectivity index (χ1n) is 14.7. The van der Waals surface area contributed by atoms with Crippen LogP contribution in [0.3, 0.4) is 0 Å². The van der Waals surface area contributed by atoms with Crippen molar-refractivity contribution in [3.05, 3.63) is 138 Å². The molecule has 9 rings (SSSR count). The Labute approximate surface area is 241 Å². The van der Waals surface area contributed by atoms with Crippen LogP contribution in [0.4, 0.5) is 17.1 Å². The molecule has 7 aromatic carbocycles. The van der Waals surface area contributed by atoms with Gasteiger partial charge in [-0.25, -0.2) is 0 Å². The molecule has 2 aliphatic rings. The minimum absolute atomic E-state index is 0.114. The zero-order chi connectivity index (χ0) is 27.7. The van der Waals surface area contributed by atoms with Crippen LogP contribution in [0.1, 0.15) is 49.9 Å². The summed E-state index contributed by atoms with van der Waals surface area (Å²) in [6.45, 7) is 9.73. The van der Waals surface area contributed by atoms with Crippen molar-refractivity contribution in [3.8, 4) is 11.1 Å². The van der Waals surface area contributed by atoms with Crippen LogP contribution >= 0.6 is 0 Å². The highest BCUT2D eigenvalue weighted by molar-refractivity contribution is 6.28. The Hall–Kier alpha value is -4.62. The molecule has 1 nitrogen and oxygen atoms in total. The summed E-state index contributed by atoms with van der Waals surface area (Å²) in [5.41, 5.74) is 12.0. The van der Waals surface area contributed by atoms with E-state index in [1.165, 1.54) is 82.8 Å². The maximum atomic E-state index is 2.50. The Morgan fingerprint density at radius 2 is 0.902 bits per heavy atom. The fourth-order valence-corrected chi connectivity index (χ4v) is 8.07. The summed E-state index contributed by atoms with van der Waals surface area (Å²) in [4.78, 5) is 2.42. The van der Waals surface area contributed by atoms with Crippen LogP contribution < -0.4 is 4.90 Å². The lowest BCUT2D eigenvalue weighted by molar-refractivity contribution is 0.640. The van der Waals surface area contributed by atoms with Gasteiger partial charge in [0, 0.05) is 27.9 Å². The topological polar surface area (TPSA) is 3.24 Å². The van der Waals surface area contributed by atoms with Crippen molar-refractivity contribution in [1.82, 2.24) is 0 Å². The van der Waals surface area contributed by atoms with Gasteiger partial charge in [0.25, 0.3) is 0 Å². The van der Waals surface area contributed by atoms with Crippen molar-refractivity contribution < 1.29 is 0 Å². The summed E-state index contributed by atoms with van der Waals surface area (Å²) in [5.74, 6) is 0. The van der Waals surface area contributed by atoms with E-state index in [0.717, 1.165) is 0 Å². The van der Waals surface area contributed by atoms with Gasteiger partial charge in [0.1, 0.15) is 0 Å². The number of benzene rings is 7. The van der Waals surface area contributed by atoms with Crippen LogP contribution in [-0.2, 0) is 10.8 Å². The Balaban J connectivity index is 1.44. The highest BCUT2D eigenvalue weighted by Crippen LogP contribution is 2.62. The third-order valence-corrected chi connectivity index (χ3v) is 10.1. The van der Waals surface area contributed by atoms with Crippen LogP contribution in [0.5, 0.6) is 0 Å². The Kier molecular flexibility index (Phi) is 4.26. The van der Waals surface area contributed by atoms with Crippen LogP contribution in [-0.4, -0.2) is 0 Å².